The highest BCUT2D eigenvalue weighted by atomic mass is 16.5. The summed E-state index contributed by atoms with van der Waals surface area (Å²) in [5, 5.41) is 10.9. The highest BCUT2D eigenvalue weighted by molar-refractivity contribution is 6.15. The molecule has 1 aromatic carbocycles. The first kappa shape index (κ1) is 28.3. The number of ketones is 1. The van der Waals surface area contributed by atoms with E-state index in [1.807, 2.05) is 19.1 Å². The van der Waals surface area contributed by atoms with Crippen molar-refractivity contribution in [2.24, 2.45) is 5.92 Å². The summed E-state index contributed by atoms with van der Waals surface area (Å²) in [6.45, 7) is 14.4. The monoisotopic (exact) mass is 512 g/mol. The number of carbonyl (C=O) groups excluding carboxylic acids is 2. The van der Waals surface area contributed by atoms with Gasteiger partial charge in [0.25, 0.3) is 5.91 Å². The van der Waals surface area contributed by atoms with E-state index in [0.717, 1.165) is 26.1 Å². The number of rotatable bonds is 15. The Bertz CT molecular complexity index is 1070. The minimum absolute atomic E-state index is 0.0127. The molecule has 0 spiro atoms. The SMILES string of the molecule is CCOc1cc(C2C(C(=O)c3ccco3)=C(O)C(=O)N2CCCN(CC)CC)ccc1OCCC(C)C. The van der Waals surface area contributed by atoms with Gasteiger partial charge in [-0.05, 0) is 75.1 Å². The highest BCUT2D eigenvalue weighted by Gasteiger charge is 2.44. The topological polar surface area (TPSA) is 92.5 Å². The van der Waals surface area contributed by atoms with Crippen molar-refractivity contribution in [1.82, 2.24) is 9.80 Å². The summed E-state index contributed by atoms with van der Waals surface area (Å²) in [6, 6.07) is 7.81. The standard InChI is InChI=1S/C29H40N2O6/c1-6-30(7-2)15-10-16-31-26(25(28(33)29(31)34)27(32)23-11-9-17-36-23)21-12-13-22(24(19-21)35-8-3)37-18-14-20(4)5/h9,11-13,17,19-20,26,33H,6-8,10,14-16,18H2,1-5H3. The van der Waals surface area contributed by atoms with E-state index in [4.69, 9.17) is 13.9 Å². The summed E-state index contributed by atoms with van der Waals surface area (Å²) < 4.78 is 17.2. The number of amides is 1. The lowest BCUT2D eigenvalue weighted by molar-refractivity contribution is -0.129. The molecule has 8 nitrogen and oxygen atoms in total. The number of benzene rings is 1. The van der Waals surface area contributed by atoms with Gasteiger partial charge in [0.05, 0.1) is 31.1 Å². The van der Waals surface area contributed by atoms with Gasteiger partial charge in [-0.25, -0.2) is 0 Å². The molecule has 2 heterocycles. The van der Waals surface area contributed by atoms with Crippen LogP contribution in [0, 0.1) is 5.92 Å². The Morgan fingerprint density at radius 3 is 2.51 bits per heavy atom. The molecule has 1 atom stereocenters. The van der Waals surface area contributed by atoms with E-state index < -0.39 is 23.5 Å². The maximum Gasteiger partial charge on any atom is 0.290 e. The van der Waals surface area contributed by atoms with Crippen LogP contribution in [0.5, 0.6) is 11.5 Å². The molecule has 2 aromatic rings. The van der Waals surface area contributed by atoms with Crippen molar-refractivity contribution in [1.29, 1.82) is 0 Å². The molecule has 1 N–H and O–H groups in total. The molecule has 0 aliphatic carbocycles. The molecule has 1 aromatic heterocycles. The van der Waals surface area contributed by atoms with Crippen molar-refractivity contribution in [3.05, 3.63) is 59.3 Å². The molecular weight excluding hydrogens is 472 g/mol. The van der Waals surface area contributed by atoms with Crippen molar-refractivity contribution < 1.29 is 28.6 Å². The quantitative estimate of drug-likeness (QED) is 0.319. The molecule has 0 fully saturated rings. The fourth-order valence-corrected chi connectivity index (χ4v) is 4.49. The molecule has 1 aliphatic rings. The smallest absolute Gasteiger partial charge is 0.290 e. The Balaban J connectivity index is 1.97. The highest BCUT2D eigenvalue weighted by Crippen LogP contribution is 2.42. The zero-order valence-electron chi connectivity index (χ0n) is 22.7. The number of furan rings is 1. The van der Waals surface area contributed by atoms with Gasteiger partial charge in [0.1, 0.15) is 0 Å². The predicted octanol–water partition coefficient (Wildman–Crippen LogP) is 5.41. The molecule has 202 valence electrons. The van der Waals surface area contributed by atoms with Gasteiger partial charge in [0.2, 0.25) is 5.78 Å². The first-order valence-corrected chi connectivity index (χ1v) is 13.3. The van der Waals surface area contributed by atoms with Gasteiger partial charge in [0, 0.05) is 6.54 Å². The predicted molar refractivity (Wildman–Crippen MR) is 142 cm³/mol. The normalized spacial score (nSPS) is 15.8. The van der Waals surface area contributed by atoms with Crippen molar-refractivity contribution in [2.75, 3.05) is 39.4 Å². The van der Waals surface area contributed by atoms with Crippen LogP contribution in [0.1, 0.15) is 69.6 Å². The van der Waals surface area contributed by atoms with Crippen LogP contribution >= 0.6 is 0 Å². The lowest BCUT2D eigenvalue weighted by Gasteiger charge is -2.28. The maximum atomic E-state index is 13.4. The molecular formula is C29H40N2O6. The van der Waals surface area contributed by atoms with Crippen LogP contribution < -0.4 is 9.47 Å². The zero-order chi connectivity index (χ0) is 26.9. The Morgan fingerprint density at radius 1 is 1.14 bits per heavy atom. The first-order valence-electron chi connectivity index (χ1n) is 13.3. The number of hydrogen-bond acceptors (Lipinski definition) is 7. The number of Topliss-reactive ketones (excluding diaryl/α,β-unsaturated/α-hetero) is 1. The molecule has 1 aliphatic heterocycles. The van der Waals surface area contributed by atoms with E-state index in [-0.39, 0.29) is 11.3 Å². The van der Waals surface area contributed by atoms with Gasteiger partial charge in [-0.2, -0.15) is 0 Å². The van der Waals surface area contributed by atoms with Crippen molar-refractivity contribution >= 4 is 11.7 Å². The molecule has 0 radical (unpaired) electrons. The van der Waals surface area contributed by atoms with E-state index >= 15 is 0 Å². The van der Waals surface area contributed by atoms with Crippen LogP contribution in [0.2, 0.25) is 0 Å². The minimum Gasteiger partial charge on any atom is -0.503 e. The van der Waals surface area contributed by atoms with Crippen LogP contribution in [-0.4, -0.2) is 66.0 Å². The molecule has 1 unspecified atom stereocenters. The molecule has 8 heteroatoms. The van der Waals surface area contributed by atoms with E-state index in [9.17, 15) is 14.7 Å². The van der Waals surface area contributed by atoms with Gasteiger partial charge in [-0.15, -0.1) is 0 Å². The van der Waals surface area contributed by atoms with E-state index in [0.29, 0.717) is 49.2 Å². The average Bonchev–Trinajstić information content (AvgIpc) is 3.50. The lowest BCUT2D eigenvalue weighted by Crippen LogP contribution is -2.34. The Hall–Kier alpha value is -3.26. The number of aliphatic hydroxyl groups is 1. The molecule has 37 heavy (non-hydrogen) atoms. The summed E-state index contributed by atoms with van der Waals surface area (Å²) in [7, 11) is 0. The third-order valence-corrected chi connectivity index (χ3v) is 6.60. The van der Waals surface area contributed by atoms with Gasteiger partial charge in [0.15, 0.2) is 23.0 Å². The molecule has 1 amide bonds. The van der Waals surface area contributed by atoms with E-state index in [1.165, 1.54) is 12.3 Å². The molecule has 0 bridgehead atoms. The second-order valence-electron chi connectivity index (χ2n) is 9.52. The summed E-state index contributed by atoms with van der Waals surface area (Å²) in [5.41, 5.74) is 0.675. The zero-order valence-corrected chi connectivity index (χ0v) is 22.7. The molecule has 0 saturated heterocycles. The third kappa shape index (κ3) is 6.74. The number of carbonyl (C=O) groups is 2. The van der Waals surface area contributed by atoms with Crippen LogP contribution in [-0.2, 0) is 4.79 Å². The van der Waals surface area contributed by atoms with Crippen LogP contribution in [0.25, 0.3) is 0 Å². The number of ether oxygens (including phenoxy) is 2. The van der Waals surface area contributed by atoms with Crippen LogP contribution in [0.15, 0.2) is 52.3 Å². The summed E-state index contributed by atoms with van der Waals surface area (Å²) in [4.78, 5) is 30.5. The van der Waals surface area contributed by atoms with Gasteiger partial charge < -0.3 is 28.8 Å². The van der Waals surface area contributed by atoms with E-state index in [1.54, 1.807) is 17.0 Å². The number of hydrogen-bond donors (Lipinski definition) is 1. The minimum atomic E-state index is -0.772. The summed E-state index contributed by atoms with van der Waals surface area (Å²) in [6.07, 6.45) is 3.01. The van der Waals surface area contributed by atoms with Crippen molar-refractivity contribution in [3.8, 4) is 11.5 Å². The number of aliphatic hydroxyl groups excluding tert-OH is 1. The Morgan fingerprint density at radius 2 is 1.89 bits per heavy atom. The first-order chi connectivity index (χ1) is 17.8. The summed E-state index contributed by atoms with van der Waals surface area (Å²) >= 11 is 0. The van der Waals surface area contributed by atoms with Crippen molar-refractivity contribution in [2.45, 2.75) is 53.5 Å². The van der Waals surface area contributed by atoms with Gasteiger partial charge >= 0.3 is 0 Å². The van der Waals surface area contributed by atoms with Gasteiger partial charge in [-0.1, -0.05) is 33.8 Å². The van der Waals surface area contributed by atoms with Crippen LogP contribution in [0.4, 0.5) is 0 Å². The second-order valence-corrected chi connectivity index (χ2v) is 9.52. The fourth-order valence-electron chi connectivity index (χ4n) is 4.49. The fraction of sp³-hybridized carbons (Fsp3) is 0.517. The molecule has 3 rings (SSSR count). The van der Waals surface area contributed by atoms with Gasteiger partial charge in [-0.3, -0.25) is 9.59 Å². The van der Waals surface area contributed by atoms with Crippen molar-refractivity contribution in [3.63, 3.8) is 0 Å². The lowest BCUT2D eigenvalue weighted by atomic mass is 9.94. The molecule has 0 saturated carbocycles. The summed E-state index contributed by atoms with van der Waals surface area (Å²) in [5.74, 6) is 0.114. The van der Waals surface area contributed by atoms with E-state index in [2.05, 4.69) is 32.6 Å². The Labute approximate surface area is 219 Å². The number of nitrogens with zero attached hydrogens (tertiary/aromatic N) is 2. The second kappa shape index (κ2) is 13.3. The third-order valence-electron chi connectivity index (χ3n) is 6.60. The average molecular weight is 513 g/mol. The largest absolute Gasteiger partial charge is 0.503 e. The maximum absolute atomic E-state index is 13.4. The Kier molecular flexibility index (Phi) is 10.2. The van der Waals surface area contributed by atoms with Crippen LogP contribution in [0.3, 0.4) is 0 Å².